The second-order valence-electron chi connectivity index (χ2n) is 4.74. The average molecular weight is 306 g/mol. The van der Waals surface area contributed by atoms with Gasteiger partial charge in [0.1, 0.15) is 0 Å². The lowest BCUT2D eigenvalue weighted by atomic mass is 9.93. The lowest BCUT2D eigenvalue weighted by Gasteiger charge is -2.30. The minimum atomic E-state index is -0.295. The lowest BCUT2D eigenvalue weighted by molar-refractivity contribution is -0.114. The molecular weight excluding hydrogens is 288 g/mol. The number of hydrogen-bond acceptors (Lipinski definition) is 4. The highest BCUT2D eigenvalue weighted by Gasteiger charge is 2.28. The average Bonchev–Trinajstić information content (AvgIpc) is 2.45. The van der Waals surface area contributed by atoms with Gasteiger partial charge in [-0.3, -0.25) is 4.79 Å². The third kappa shape index (κ3) is 3.00. The van der Waals surface area contributed by atoms with E-state index in [1.165, 1.54) is 0 Å². The summed E-state index contributed by atoms with van der Waals surface area (Å²) in [6, 6.07) is 5.26. The third-order valence-electron chi connectivity index (χ3n) is 3.39. The van der Waals surface area contributed by atoms with Gasteiger partial charge in [0.2, 0.25) is 0 Å². The van der Waals surface area contributed by atoms with Gasteiger partial charge >= 0.3 is 0 Å². The number of carbonyl (C=O) groups is 1. The van der Waals surface area contributed by atoms with Crippen molar-refractivity contribution < 1.29 is 14.3 Å². The van der Waals surface area contributed by atoms with Crippen LogP contribution in [-0.2, 0) is 4.79 Å². The Balaban J connectivity index is 2.50. The van der Waals surface area contributed by atoms with Crippen LogP contribution < -0.4 is 20.1 Å². The molecule has 0 radical (unpaired) electrons. The zero-order chi connectivity index (χ0) is 15.6. The largest absolute Gasteiger partial charge is 0.493 e. The molecule has 1 aromatic carbocycles. The molecule has 21 heavy (non-hydrogen) atoms. The molecule has 0 aliphatic carbocycles. The van der Waals surface area contributed by atoms with Crippen LogP contribution in [-0.4, -0.2) is 25.1 Å². The quantitative estimate of drug-likeness (QED) is 0.831. The Kier molecular flexibility index (Phi) is 4.47. The fourth-order valence-electron chi connectivity index (χ4n) is 2.44. The first-order valence-corrected chi connectivity index (χ1v) is 6.90. The molecule has 0 aromatic heterocycles. The summed E-state index contributed by atoms with van der Waals surface area (Å²) in [5.41, 5.74) is 2.32. The summed E-state index contributed by atoms with van der Waals surface area (Å²) in [6.45, 7) is 3.39. The molecule has 0 saturated carbocycles. The van der Waals surface area contributed by atoms with E-state index in [0.29, 0.717) is 22.2 Å². The second kappa shape index (κ2) is 6.13. The van der Waals surface area contributed by atoms with Crippen molar-refractivity contribution in [3.63, 3.8) is 0 Å². The number of ether oxygens (including phenoxy) is 2. The van der Waals surface area contributed by atoms with Crippen LogP contribution in [0.2, 0.25) is 0 Å². The molecule has 6 heteroatoms. The van der Waals surface area contributed by atoms with Crippen molar-refractivity contribution in [1.29, 1.82) is 0 Å². The van der Waals surface area contributed by atoms with Crippen LogP contribution in [0, 0.1) is 0 Å². The molecule has 0 fully saturated rings. The van der Waals surface area contributed by atoms with Crippen molar-refractivity contribution in [2.75, 3.05) is 14.2 Å². The van der Waals surface area contributed by atoms with Crippen molar-refractivity contribution in [2.24, 2.45) is 0 Å². The zero-order valence-electron chi connectivity index (χ0n) is 12.4. The van der Waals surface area contributed by atoms with E-state index < -0.39 is 0 Å². The molecule has 1 aliphatic heterocycles. The number of thiocarbonyl (C=S) groups is 1. The standard InChI is InChI=1S/C15H18N2O3S/c1-8-13(9(2)18)14(17-15(21)16-8)10-5-6-11(19-3)12(7-10)20-4/h5-7,14H,1-4H3,(H2,16,17,21)/t14-/m0/s1. The van der Waals surface area contributed by atoms with E-state index in [0.717, 1.165) is 11.3 Å². The summed E-state index contributed by atoms with van der Waals surface area (Å²) in [7, 11) is 3.16. The number of Topliss-reactive ketones (excluding diaryl/α,β-unsaturated/α-hetero) is 1. The predicted octanol–water partition coefficient (Wildman–Crippen LogP) is 2.09. The maximum absolute atomic E-state index is 11.9. The van der Waals surface area contributed by atoms with Crippen molar-refractivity contribution >= 4 is 23.1 Å². The smallest absolute Gasteiger partial charge is 0.171 e. The maximum atomic E-state index is 11.9. The van der Waals surface area contributed by atoms with Crippen molar-refractivity contribution in [3.8, 4) is 11.5 Å². The van der Waals surface area contributed by atoms with Crippen molar-refractivity contribution in [1.82, 2.24) is 10.6 Å². The molecule has 0 spiro atoms. The summed E-state index contributed by atoms with van der Waals surface area (Å²) >= 11 is 5.19. The van der Waals surface area contributed by atoms with Crippen molar-refractivity contribution in [3.05, 3.63) is 35.0 Å². The Hall–Kier alpha value is -2.08. The number of nitrogens with one attached hydrogen (secondary N) is 2. The maximum Gasteiger partial charge on any atom is 0.171 e. The van der Waals surface area contributed by atoms with Crippen LogP contribution >= 0.6 is 12.2 Å². The highest BCUT2D eigenvalue weighted by Crippen LogP contribution is 2.34. The van der Waals surface area contributed by atoms with E-state index in [2.05, 4.69) is 10.6 Å². The van der Waals surface area contributed by atoms with Crippen LogP contribution in [0.25, 0.3) is 0 Å². The zero-order valence-corrected chi connectivity index (χ0v) is 13.3. The molecule has 1 aliphatic rings. The number of rotatable bonds is 4. The van der Waals surface area contributed by atoms with Crippen LogP contribution in [0.3, 0.4) is 0 Å². The number of allylic oxidation sites excluding steroid dienone is 1. The SMILES string of the molecule is COc1ccc([C@@H]2NC(=S)NC(C)=C2C(C)=O)cc1OC. The Morgan fingerprint density at radius 3 is 2.48 bits per heavy atom. The summed E-state index contributed by atoms with van der Waals surface area (Å²) in [5.74, 6) is 1.25. The molecule has 112 valence electrons. The fourth-order valence-corrected chi connectivity index (χ4v) is 2.71. The van der Waals surface area contributed by atoms with Gasteiger partial charge < -0.3 is 20.1 Å². The van der Waals surface area contributed by atoms with E-state index >= 15 is 0 Å². The van der Waals surface area contributed by atoms with Gasteiger partial charge in [0.25, 0.3) is 0 Å². The van der Waals surface area contributed by atoms with Crippen LogP contribution in [0.5, 0.6) is 11.5 Å². The van der Waals surface area contributed by atoms with Gasteiger partial charge in [0.15, 0.2) is 22.4 Å². The lowest BCUT2D eigenvalue weighted by Crippen LogP contribution is -2.44. The number of methoxy groups -OCH3 is 2. The minimum absolute atomic E-state index is 0.00483. The second-order valence-corrected chi connectivity index (χ2v) is 5.15. The Morgan fingerprint density at radius 2 is 1.90 bits per heavy atom. The van der Waals surface area contributed by atoms with Crippen molar-refractivity contribution in [2.45, 2.75) is 19.9 Å². The van der Waals surface area contributed by atoms with Gasteiger partial charge in [0.05, 0.1) is 20.3 Å². The molecule has 2 N–H and O–H groups in total. The Morgan fingerprint density at radius 1 is 1.24 bits per heavy atom. The van der Waals surface area contributed by atoms with Gasteiger partial charge in [-0.25, -0.2) is 0 Å². The van der Waals surface area contributed by atoms with E-state index in [-0.39, 0.29) is 11.8 Å². The summed E-state index contributed by atoms with van der Waals surface area (Å²) < 4.78 is 10.5. The first-order valence-electron chi connectivity index (χ1n) is 6.49. The Labute approximate surface area is 129 Å². The van der Waals surface area contributed by atoms with E-state index in [9.17, 15) is 4.79 Å². The van der Waals surface area contributed by atoms with E-state index in [1.807, 2.05) is 25.1 Å². The van der Waals surface area contributed by atoms with Crippen LogP contribution in [0.1, 0.15) is 25.5 Å². The normalized spacial score (nSPS) is 17.9. The molecule has 1 aromatic rings. The molecule has 1 atom stereocenters. The molecule has 2 rings (SSSR count). The van der Waals surface area contributed by atoms with Crippen LogP contribution in [0.15, 0.2) is 29.5 Å². The van der Waals surface area contributed by atoms with E-state index in [1.54, 1.807) is 21.1 Å². The first kappa shape index (κ1) is 15.3. The summed E-state index contributed by atoms with van der Waals surface area (Å²) in [5, 5.41) is 6.61. The van der Waals surface area contributed by atoms with E-state index in [4.69, 9.17) is 21.7 Å². The highest BCUT2D eigenvalue weighted by atomic mass is 32.1. The van der Waals surface area contributed by atoms with Gasteiger partial charge in [-0.05, 0) is 43.8 Å². The molecule has 0 bridgehead atoms. The van der Waals surface area contributed by atoms with Crippen LogP contribution in [0.4, 0.5) is 0 Å². The predicted molar refractivity (Wildman–Crippen MR) is 84.5 cm³/mol. The molecule has 1 heterocycles. The fraction of sp³-hybridized carbons (Fsp3) is 0.333. The first-order chi connectivity index (χ1) is 9.97. The van der Waals surface area contributed by atoms with Gasteiger partial charge in [-0.1, -0.05) is 6.07 Å². The van der Waals surface area contributed by atoms with Gasteiger partial charge in [-0.15, -0.1) is 0 Å². The monoisotopic (exact) mass is 306 g/mol. The molecule has 5 nitrogen and oxygen atoms in total. The topological polar surface area (TPSA) is 59.6 Å². The number of hydrogen-bond donors (Lipinski definition) is 2. The summed E-state index contributed by atoms with van der Waals surface area (Å²) in [4.78, 5) is 11.9. The minimum Gasteiger partial charge on any atom is -0.493 e. The van der Waals surface area contributed by atoms with Gasteiger partial charge in [0, 0.05) is 11.3 Å². The highest BCUT2D eigenvalue weighted by molar-refractivity contribution is 7.80. The molecule has 0 amide bonds. The number of benzene rings is 1. The third-order valence-corrected chi connectivity index (χ3v) is 3.61. The van der Waals surface area contributed by atoms with Gasteiger partial charge in [-0.2, -0.15) is 0 Å². The molecular formula is C15H18N2O3S. The number of carbonyl (C=O) groups excluding carboxylic acids is 1. The molecule has 0 saturated heterocycles. The summed E-state index contributed by atoms with van der Waals surface area (Å²) in [6.07, 6.45) is 0. The number of ketones is 1. The Bertz CT molecular complexity index is 625. The molecule has 0 unspecified atom stereocenters.